The molecule has 0 aromatic carbocycles. The minimum Gasteiger partial charge on any atom is -0.450 e. The Labute approximate surface area is 207 Å². The van der Waals surface area contributed by atoms with E-state index >= 15 is 4.39 Å². The molecule has 3 fully saturated rings. The van der Waals surface area contributed by atoms with Gasteiger partial charge in [-0.2, -0.15) is 0 Å². The molecule has 0 aromatic heterocycles. The molecule has 0 unspecified atom stereocenters. The molecule has 0 heterocycles. The first-order valence-electron chi connectivity index (χ1n) is 13.1. The van der Waals surface area contributed by atoms with Crippen molar-refractivity contribution < 1.29 is 33.4 Å². The average molecular weight is 491 g/mol. The normalized spacial score (nSPS) is 44.2. The fraction of sp³-hybridized carbons (Fsp3) is 0.750. The largest absolute Gasteiger partial charge is 0.450 e. The summed E-state index contributed by atoms with van der Waals surface area (Å²) in [6.07, 6.45) is 5.49. The third-order valence-corrected chi connectivity index (χ3v) is 9.74. The summed E-state index contributed by atoms with van der Waals surface area (Å²) in [6.45, 7) is 9.41. The van der Waals surface area contributed by atoms with Crippen molar-refractivity contribution in [3.63, 3.8) is 0 Å². The van der Waals surface area contributed by atoms with Crippen LogP contribution in [0.4, 0.5) is 4.39 Å². The molecule has 35 heavy (non-hydrogen) atoms. The van der Waals surface area contributed by atoms with Gasteiger partial charge >= 0.3 is 5.97 Å². The quantitative estimate of drug-likeness (QED) is 0.423. The maximum absolute atomic E-state index is 17.4. The summed E-state index contributed by atoms with van der Waals surface area (Å²) in [4.78, 5) is 38.5. The van der Waals surface area contributed by atoms with Crippen LogP contribution in [0.25, 0.3) is 0 Å². The molecule has 0 radical (unpaired) electrons. The zero-order valence-electron chi connectivity index (χ0n) is 21.6. The molecular formula is C28H39FO6. The molecule has 4 aliphatic rings. The van der Waals surface area contributed by atoms with Crippen molar-refractivity contribution in [3.8, 4) is 0 Å². The summed E-state index contributed by atoms with van der Waals surface area (Å²) in [5, 5.41) is 11.5. The first kappa shape index (κ1) is 26.2. The van der Waals surface area contributed by atoms with E-state index in [0.29, 0.717) is 31.4 Å². The third kappa shape index (κ3) is 3.44. The van der Waals surface area contributed by atoms with Crippen LogP contribution in [0.5, 0.6) is 0 Å². The molecule has 0 aliphatic heterocycles. The van der Waals surface area contributed by atoms with E-state index in [1.807, 2.05) is 20.8 Å². The lowest BCUT2D eigenvalue weighted by Crippen LogP contribution is -2.70. The zero-order chi connectivity index (χ0) is 25.8. The van der Waals surface area contributed by atoms with Gasteiger partial charge in [0.25, 0.3) is 0 Å². The predicted molar refractivity (Wildman–Crippen MR) is 128 cm³/mol. The minimum atomic E-state index is -2.00. The number of aliphatic hydroxyl groups is 1. The number of hydrogen-bond donors (Lipinski definition) is 1. The van der Waals surface area contributed by atoms with Gasteiger partial charge in [-0.05, 0) is 57.1 Å². The van der Waals surface area contributed by atoms with E-state index in [4.69, 9.17) is 9.47 Å². The number of rotatable bonds is 7. The van der Waals surface area contributed by atoms with Crippen LogP contribution in [0.2, 0.25) is 0 Å². The molecule has 0 amide bonds. The van der Waals surface area contributed by atoms with E-state index in [0.717, 1.165) is 6.42 Å². The van der Waals surface area contributed by atoms with Gasteiger partial charge in [0, 0.05) is 35.7 Å². The number of carbonyl (C=O) groups is 3. The summed E-state index contributed by atoms with van der Waals surface area (Å²) in [6, 6.07) is 0. The Bertz CT molecular complexity index is 972. The summed E-state index contributed by atoms with van der Waals surface area (Å²) in [5.41, 5.74) is -4.82. The first-order chi connectivity index (χ1) is 16.4. The third-order valence-electron chi connectivity index (χ3n) is 9.74. The molecule has 8 atom stereocenters. The van der Waals surface area contributed by atoms with Crippen molar-refractivity contribution in [2.75, 3.05) is 13.2 Å². The van der Waals surface area contributed by atoms with Gasteiger partial charge < -0.3 is 14.6 Å². The highest BCUT2D eigenvalue weighted by Crippen LogP contribution is 2.71. The van der Waals surface area contributed by atoms with Crippen LogP contribution in [0.1, 0.15) is 73.1 Å². The number of allylic oxidation sites excluding steroid dienone is 4. The van der Waals surface area contributed by atoms with Crippen molar-refractivity contribution >= 4 is 17.5 Å². The second-order valence-corrected chi connectivity index (χ2v) is 11.4. The number of Topliss-reactive ketones (excluding diaryl/α,β-unsaturated/α-hetero) is 1. The molecule has 4 rings (SSSR count). The molecule has 194 valence electrons. The Kier molecular flexibility index (Phi) is 6.67. The second kappa shape index (κ2) is 8.91. The predicted octanol–water partition coefficient (Wildman–Crippen LogP) is 4.29. The number of alkyl halides is 1. The number of esters is 1. The van der Waals surface area contributed by atoms with Crippen molar-refractivity contribution in [2.45, 2.75) is 90.5 Å². The van der Waals surface area contributed by atoms with E-state index in [-0.39, 0.29) is 42.9 Å². The topological polar surface area (TPSA) is 89.9 Å². The van der Waals surface area contributed by atoms with Gasteiger partial charge in [-0.1, -0.05) is 39.3 Å². The second-order valence-electron chi connectivity index (χ2n) is 11.4. The van der Waals surface area contributed by atoms with Crippen molar-refractivity contribution in [1.29, 1.82) is 0 Å². The van der Waals surface area contributed by atoms with Crippen LogP contribution in [0, 0.1) is 28.6 Å². The molecule has 7 heteroatoms. The monoisotopic (exact) mass is 490 g/mol. The molecule has 0 saturated heterocycles. The maximum Gasteiger partial charge on any atom is 0.306 e. The highest BCUT2D eigenvalue weighted by Gasteiger charge is 2.77. The van der Waals surface area contributed by atoms with Crippen LogP contribution < -0.4 is 0 Å². The molecule has 3 saturated carbocycles. The van der Waals surface area contributed by atoms with Gasteiger partial charge in [0.1, 0.15) is 6.61 Å². The van der Waals surface area contributed by atoms with Crippen molar-refractivity contribution in [1.82, 2.24) is 0 Å². The van der Waals surface area contributed by atoms with Gasteiger partial charge in [0.05, 0.1) is 6.10 Å². The molecule has 6 nitrogen and oxygen atoms in total. The molecule has 1 N–H and O–H groups in total. The number of aliphatic hydroxyl groups excluding tert-OH is 1. The lowest BCUT2D eigenvalue weighted by molar-refractivity contribution is -0.228. The summed E-state index contributed by atoms with van der Waals surface area (Å²) < 4.78 is 29.0. The van der Waals surface area contributed by atoms with Crippen LogP contribution in [0.15, 0.2) is 23.8 Å². The molecule has 0 aromatic rings. The number of hydrogen-bond acceptors (Lipinski definition) is 6. The summed E-state index contributed by atoms with van der Waals surface area (Å²) >= 11 is 0. The highest BCUT2D eigenvalue weighted by molar-refractivity contribution is 6.01. The Morgan fingerprint density at radius 3 is 2.60 bits per heavy atom. The first-order valence-corrected chi connectivity index (χ1v) is 13.1. The number of ether oxygens (including phenoxy) is 2. The fourth-order valence-corrected chi connectivity index (χ4v) is 8.07. The molecule has 0 bridgehead atoms. The van der Waals surface area contributed by atoms with Gasteiger partial charge in [0.2, 0.25) is 5.78 Å². The maximum atomic E-state index is 17.4. The van der Waals surface area contributed by atoms with E-state index < -0.39 is 40.1 Å². The van der Waals surface area contributed by atoms with E-state index in [1.165, 1.54) is 12.2 Å². The van der Waals surface area contributed by atoms with E-state index in [1.54, 1.807) is 19.9 Å². The van der Waals surface area contributed by atoms with Gasteiger partial charge in [-0.3, -0.25) is 14.4 Å². The Morgan fingerprint density at radius 2 is 1.94 bits per heavy atom. The minimum absolute atomic E-state index is 0.0177. The lowest BCUT2D eigenvalue weighted by atomic mass is 9.44. The SMILES string of the molecule is CCCOCC(=O)[C@@]1(OC(=O)CC)[C@H](C)C[C@H]2[C@@H]3CCC4=CC(=O)C=C[C@]4(C)[C@@]3(F)[C@@H](O)C[C@@]21C. The standard InChI is InChI=1S/C28H39FO6/c1-6-12-34-16-23(32)28(35-24(33)7-2)17(3)13-21-20-9-8-18-14-19(30)10-11-25(18,4)27(20,29)22(31)15-26(21,28)5/h10-11,14,17,20-22,31H,6-9,12-13,15-16H2,1-5H3/t17-,20+,21+,22+,25+,26+,27+,28+/m1/s1. The lowest BCUT2D eigenvalue weighted by Gasteiger charge is -2.62. The van der Waals surface area contributed by atoms with E-state index in [2.05, 4.69) is 0 Å². The Morgan fingerprint density at radius 1 is 1.23 bits per heavy atom. The molecule has 0 spiro atoms. The number of fused-ring (bicyclic) bond motifs is 5. The smallest absolute Gasteiger partial charge is 0.306 e. The molecule has 4 aliphatic carbocycles. The van der Waals surface area contributed by atoms with Gasteiger partial charge in [0.15, 0.2) is 17.1 Å². The van der Waals surface area contributed by atoms with Crippen molar-refractivity contribution in [3.05, 3.63) is 23.8 Å². The zero-order valence-corrected chi connectivity index (χ0v) is 21.6. The molecular weight excluding hydrogens is 451 g/mol. The van der Waals surface area contributed by atoms with Crippen LogP contribution in [-0.2, 0) is 23.9 Å². The van der Waals surface area contributed by atoms with Crippen LogP contribution >= 0.6 is 0 Å². The van der Waals surface area contributed by atoms with Crippen LogP contribution in [0.3, 0.4) is 0 Å². The van der Waals surface area contributed by atoms with E-state index in [9.17, 15) is 19.5 Å². The summed E-state index contributed by atoms with van der Waals surface area (Å²) in [5.74, 6) is -2.14. The fourth-order valence-electron chi connectivity index (χ4n) is 8.07. The highest BCUT2D eigenvalue weighted by atomic mass is 19.1. The van der Waals surface area contributed by atoms with Crippen molar-refractivity contribution in [2.24, 2.45) is 28.6 Å². The Balaban J connectivity index is 1.80. The number of ketones is 2. The van der Waals surface area contributed by atoms with Gasteiger partial charge in [-0.25, -0.2) is 4.39 Å². The van der Waals surface area contributed by atoms with Gasteiger partial charge in [-0.15, -0.1) is 0 Å². The number of halogens is 1. The summed E-state index contributed by atoms with van der Waals surface area (Å²) in [7, 11) is 0. The average Bonchev–Trinajstić information content (AvgIpc) is 3.02. The van der Waals surface area contributed by atoms with Crippen LogP contribution in [-0.4, -0.2) is 53.2 Å². The Hall–Kier alpha value is -1.86. The number of carbonyl (C=O) groups excluding carboxylic acids is 3.